The molecular formula is C19H19BrCl2N2O3. The molecule has 0 bridgehead atoms. The summed E-state index contributed by atoms with van der Waals surface area (Å²) in [5, 5.41) is 3.49. The second kappa shape index (κ2) is 9.97. The van der Waals surface area contributed by atoms with Crippen LogP contribution in [0.5, 0.6) is 5.75 Å². The Morgan fingerprint density at radius 3 is 2.44 bits per heavy atom. The third-order valence-electron chi connectivity index (χ3n) is 3.95. The van der Waals surface area contributed by atoms with Gasteiger partial charge in [0.25, 0.3) is 5.91 Å². The van der Waals surface area contributed by atoms with E-state index in [-0.39, 0.29) is 25.0 Å². The third-order valence-corrected chi connectivity index (χ3v) is 5.06. The fourth-order valence-corrected chi connectivity index (χ4v) is 3.12. The molecule has 0 spiro atoms. The maximum absolute atomic E-state index is 12.8. The number of ether oxygens (including phenoxy) is 1. The Hall–Kier alpha value is -1.76. The molecule has 0 heterocycles. The quantitative estimate of drug-likeness (QED) is 0.652. The van der Waals surface area contributed by atoms with E-state index in [4.69, 9.17) is 27.9 Å². The molecule has 2 aromatic carbocycles. The molecule has 144 valence electrons. The first-order valence-electron chi connectivity index (χ1n) is 8.15. The van der Waals surface area contributed by atoms with Crippen LogP contribution in [0.2, 0.25) is 10.0 Å². The van der Waals surface area contributed by atoms with Crippen molar-refractivity contribution in [2.45, 2.75) is 19.5 Å². The Bertz CT molecular complexity index is 815. The van der Waals surface area contributed by atoms with Crippen LogP contribution in [-0.4, -0.2) is 36.4 Å². The summed E-state index contributed by atoms with van der Waals surface area (Å²) in [7, 11) is 1.52. The number of rotatable bonds is 7. The van der Waals surface area contributed by atoms with Gasteiger partial charge in [0.05, 0.1) is 0 Å². The summed E-state index contributed by atoms with van der Waals surface area (Å²) in [5.41, 5.74) is 0.689. The molecule has 5 nitrogen and oxygen atoms in total. The number of hydrogen-bond donors (Lipinski definition) is 1. The number of carbonyl (C=O) groups excluding carboxylic acids is 2. The molecule has 0 aliphatic rings. The smallest absolute Gasteiger partial charge is 0.261 e. The Morgan fingerprint density at radius 1 is 1.19 bits per heavy atom. The van der Waals surface area contributed by atoms with Gasteiger partial charge in [-0.25, -0.2) is 0 Å². The molecule has 0 saturated heterocycles. The molecule has 0 fully saturated rings. The van der Waals surface area contributed by atoms with E-state index in [2.05, 4.69) is 21.2 Å². The maximum atomic E-state index is 12.8. The van der Waals surface area contributed by atoms with Gasteiger partial charge in [-0.05, 0) is 48.9 Å². The molecule has 0 aliphatic heterocycles. The number of carbonyl (C=O) groups is 2. The van der Waals surface area contributed by atoms with E-state index in [0.717, 1.165) is 4.47 Å². The van der Waals surface area contributed by atoms with Crippen LogP contribution in [0.1, 0.15) is 12.5 Å². The summed E-state index contributed by atoms with van der Waals surface area (Å²) in [6.45, 7) is 1.61. The van der Waals surface area contributed by atoms with Gasteiger partial charge in [-0.1, -0.05) is 45.2 Å². The third kappa shape index (κ3) is 6.13. The van der Waals surface area contributed by atoms with Crippen molar-refractivity contribution in [3.63, 3.8) is 0 Å². The fourth-order valence-electron chi connectivity index (χ4n) is 2.38. The van der Waals surface area contributed by atoms with Gasteiger partial charge < -0.3 is 15.0 Å². The monoisotopic (exact) mass is 472 g/mol. The van der Waals surface area contributed by atoms with Crippen LogP contribution in [0.25, 0.3) is 0 Å². The molecule has 1 atom stereocenters. The van der Waals surface area contributed by atoms with Gasteiger partial charge in [-0.2, -0.15) is 0 Å². The molecule has 0 saturated carbocycles. The first kappa shape index (κ1) is 21.5. The van der Waals surface area contributed by atoms with Gasteiger partial charge in [-0.15, -0.1) is 0 Å². The summed E-state index contributed by atoms with van der Waals surface area (Å²) in [6, 6.07) is 11.5. The normalized spacial score (nSPS) is 11.6. The van der Waals surface area contributed by atoms with E-state index in [1.165, 1.54) is 11.9 Å². The largest absolute Gasteiger partial charge is 0.484 e. The van der Waals surface area contributed by atoms with Crippen molar-refractivity contribution in [3.8, 4) is 5.75 Å². The van der Waals surface area contributed by atoms with Gasteiger partial charge in [0.15, 0.2) is 6.61 Å². The number of halogens is 3. The SMILES string of the molecule is CNC(=O)C(C)N(Cc1ccc(Cl)cc1Cl)C(=O)COc1ccc(Br)cc1. The lowest BCUT2D eigenvalue weighted by Crippen LogP contribution is -2.48. The van der Waals surface area contributed by atoms with Gasteiger partial charge in [-0.3, -0.25) is 9.59 Å². The Balaban J connectivity index is 2.16. The van der Waals surface area contributed by atoms with Crippen molar-refractivity contribution < 1.29 is 14.3 Å². The van der Waals surface area contributed by atoms with Crippen LogP contribution in [-0.2, 0) is 16.1 Å². The maximum Gasteiger partial charge on any atom is 0.261 e. The fraction of sp³-hybridized carbons (Fsp3) is 0.263. The van der Waals surface area contributed by atoms with E-state index >= 15 is 0 Å². The summed E-state index contributed by atoms with van der Waals surface area (Å²) in [4.78, 5) is 26.3. The molecule has 2 amide bonds. The Labute approximate surface area is 176 Å². The highest BCUT2D eigenvalue weighted by molar-refractivity contribution is 9.10. The van der Waals surface area contributed by atoms with Crippen LogP contribution in [0.3, 0.4) is 0 Å². The van der Waals surface area contributed by atoms with Crippen LogP contribution < -0.4 is 10.1 Å². The molecule has 1 unspecified atom stereocenters. The first-order valence-corrected chi connectivity index (χ1v) is 9.70. The van der Waals surface area contributed by atoms with Crippen molar-refractivity contribution in [1.29, 1.82) is 0 Å². The van der Waals surface area contributed by atoms with Crippen molar-refractivity contribution in [3.05, 3.63) is 62.5 Å². The zero-order valence-corrected chi connectivity index (χ0v) is 17.9. The molecule has 8 heteroatoms. The molecule has 0 radical (unpaired) electrons. The first-order chi connectivity index (χ1) is 12.8. The number of hydrogen-bond acceptors (Lipinski definition) is 3. The summed E-state index contributed by atoms with van der Waals surface area (Å²) in [6.07, 6.45) is 0. The van der Waals surface area contributed by atoms with Crippen molar-refractivity contribution in [2.75, 3.05) is 13.7 Å². The van der Waals surface area contributed by atoms with Gasteiger partial charge in [0.2, 0.25) is 5.91 Å². The van der Waals surface area contributed by atoms with E-state index in [1.807, 2.05) is 12.1 Å². The molecular weight excluding hydrogens is 455 g/mol. The lowest BCUT2D eigenvalue weighted by Gasteiger charge is -2.28. The van der Waals surface area contributed by atoms with Crippen molar-refractivity contribution >= 4 is 50.9 Å². The van der Waals surface area contributed by atoms with Gasteiger partial charge in [0, 0.05) is 28.1 Å². The van der Waals surface area contributed by atoms with Crippen molar-refractivity contribution in [2.24, 2.45) is 0 Å². The number of amides is 2. The summed E-state index contributed by atoms with van der Waals surface area (Å²) >= 11 is 15.5. The molecule has 1 N–H and O–H groups in total. The molecule has 0 aliphatic carbocycles. The zero-order chi connectivity index (χ0) is 20.0. The van der Waals surface area contributed by atoms with E-state index in [1.54, 1.807) is 37.3 Å². The second-order valence-electron chi connectivity index (χ2n) is 5.79. The minimum atomic E-state index is -0.692. The average Bonchev–Trinajstić information content (AvgIpc) is 2.65. The predicted octanol–water partition coefficient (Wildman–Crippen LogP) is 4.30. The highest BCUT2D eigenvalue weighted by Crippen LogP contribution is 2.23. The number of nitrogens with zero attached hydrogens (tertiary/aromatic N) is 1. The van der Waals surface area contributed by atoms with Crippen LogP contribution in [0.15, 0.2) is 46.9 Å². The molecule has 0 aromatic heterocycles. The van der Waals surface area contributed by atoms with E-state index in [0.29, 0.717) is 21.4 Å². The lowest BCUT2D eigenvalue weighted by molar-refractivity contribution is -0.142. The predicted molar refractivity (Wildman–Crippen MR) is 110 cm³/mol. The Kier molecular flexibility index (Phi) is 7.95. The summed E-state index contributed by atoms with van der Waals surface area (Å²) < 4.78 is 6.47. The van der Waals surface area contributed by atoms with Crippen LogP contribution in [0.4, 0.5) is 0 Å². The zero-order valence-electron chi connectivity index (χ0n) is 14.8. The van der Waals surface area contributed by atoms with Gasteiger partial charge in [0.1, 0.15) is 11.8 Å². The second-order valence-corrected chi connectivity index (χ2v) is 7.55. The minimum Gasteiger partial charge on any atom is -0.484 e. The molecule has 27 heavy (non-hydrogen) atoms. The highest BCUT2D eigenvalue weighted by atomic mass is 79.9. The van der Waals surface area contributed by atoms with E-state index in [9.17, 15) is 9.59 Å². The Morgan fingerprint density at radius 2 is 1.85 bits per heavy atom. The van der Waals surface area contributed by atoms with Crippen LogP contribution >= 0.6 is 39.1 Å². The number of benzene rings is 2. The van der Waals surface area contributed by atoms with E-state index < -0.39 is 6.04 Å². The van der Waals surface area contributed by atoms with Crippen molar-refractivity contribution in [1.82, 2.24) is 10.2 Å². The highest BCUT2D eigenvalue weighted by Gasteiger charge is 2.26. The lowest BCUT2D eigenvalue weighted by atomic mass is 10.1. The van der Waals surface area contributed by atoms with Crippen LogP contribution in [0, 0.1) is 0 Å². The topological polar surface area (TPSA) is 58.6 Å². The standard InChI is InChI=1S/C19H19BrCl2N2O3/c1-12(19(26)23-2)24(10-13-3-6-15(21)9-17(13)22)18(25)11-27-16-7-4-14(20)5-8-16/h3-9,12H,10-11H2,1-2H3,(H,23,26). The average molecular weight is 474 g/mol. The molecule has 2 rings (SSSR count). The molecule has 2 aromatic rings. The summed E-state index contributed by atoms with van der Waals surface area (Å²) in [5.74, 6) is -0.0549. The minimum absolute atomic E-state index is 0.160. The number of likely N-dealkylation sites (N-methyl/N-ethyl adjacent to an activating group) is 1. The van der Waals surface area contributed by atoms with Gasteiger partial charge >= 0.3 is 0 Å². The number of nitrogens with one attached hydrogen (secondary N) is 1.